The van der Waals surface area contributed by atoms with Crippen LogP contribution in [0.25, 0.3) is 0 Å². The van der Waals surface area contributed by atoms with Crippen molar-refractivity contribution >= 4 is 11.4 Å². The molecule has 1 fully saturated rings. The van der Waals surface area contributed by atoms with Crippen LogP contribution in [0.2, 0.25) is 0 Å². The molecule has 98 valence electrons. The third kappa shape index (κ3) is 2.95. The van der Waals surface area contributed by atoms with Gasteiger partial charge in [-0.2, -0.15) is 4.39 Å². The first-order valence-electron chi connectivity index (χ1n) is 5.88. The van der Waals surface area contributed by atoms with Crippen molar-refractivity contribution in [2.75, 3.05) is 11.9 Å². The minimum atomic E-state index is -0.815. The molecule has 1 heterocycles. The zero-order valence-corrected chi connectivity index (χ0v) is 10.1. The molecule has 1 aliphatic rings. The minimum Gasteiger partial charge on any atom is -0.382 e. The topological polar surface area (TPSA) is 64.4 Å². The third-order valence-electron chi connectivity index (χ3n) is 3.00. The van der Waals surface area contributed by atoms with E-state index in [0.29, 0.717) is 12.3 Å². The predicted octanol–water partition coefficient (Wildman–Crippen LogP) is 2.71. The van der Waals surface area contributed by atoms with Crippen molar-refractivity contribution in [1.29, 1.82) is 0 Å². The molecule has 1 N–H and O–H groups in total. The van der Waals surface area contributed by atoms with Crippen LogP contribution < -0.4 is 5.32 Å². The molecule has 2 unspecified atom stereocenters. The maximum atomic E-state index is 13.4. The SMILES string of the molecule is CC1CC(Nc2ccc([N+](=O)[O-])c(F)c2)CCO1. The molecule has 0 amide bonds. The molecular formula is C12H15FN2O3. The van der Waals surface area contributed by atoms with Crippen LogP contribution in [-0.4, -0.2) is 23.7 Å². The Hall–Kier alpha value is -1.69. The highest BCUT2D eigenvalue weighted by molar-refractivity contribution is 5.50. The van der Waals surface area contributed by atoms with E-state index in [-0.39, 0.29) is 12.1 Å². The van der Waals surface area contributed by atoms with Crippen LogP contribution in [0.3, 0.4) is 0 Å². The van der Waals surface area contributed by atoms with E-state index in [1.807, 2.05) is 6.92 Å². The molecule has 0 spiro atoms. The largest absolute Gasteiger partial charge is 0.382 e. The number of halogens is 1. The number of nitro groups is 1. The molecule has 0 bridgehead atoms. The Balaban J connectivity index is 2.05. The highest BCUT2D eigenvalue weighted by Gasteiger charge is 2.20. The second-order valence-corrected chi connectivity index (χ2v) is 4.47. The van der Waals surface area contributed by atoms with Crippen molar-refractivity contribution in [3.05, 3.63) is 34.1 Å². The van der Waals surface area contributed by atoms with E-state index >= 15 is 0 Å². The summed E-state index contributed by atoms with van der Waals surface area (Å²) in [5.74, 6) is -0.815. The first kappa shape index (κ1) is 12.8. The van der Waals surface area contributed by atoms with Gasteiger partial charge in [0.1, 0.15) is 0 Å². The fourth-order valence-electron chi connectivity index (χ4n) is 2.11. The zero-order valence-electron chi connectivity index (χ0n) is 10.1. The van der Waals surface area contributed by atoms with Crippen LogP contribution in [-0.2, 0) is 4.74 Å². The Bertz CT molecular complexity index is 453. The summed E-state index contributed by atoms with van der Waals surface area (Å²) in [5, 5.41) is 13.7. The van der Waals surface area contributed by atoms with E-state index in [2.05, 4.69) is 5.32 Å². The summed E-state index contributed by atoms with van der Waals surface area (Å²) in [4.78, 5) is 9.77. The lowest BCUT2D eigenvalue weighted by Gasteiger charge is -2.28. The third-order valence-corrected chi connectivity index (χ3v) is 3.00. The molecule has 1 saturated heterocycles. The Morgan fingerprint density at radius 1 is 1.56 bits per heavy atom. The lowest BCUT2D eigenvalue weighted by Crippen LogP contribution is -2.32. The lowest BCUT2D eigenvalue weighted by molar-refractivity contribution is -0.387. The van der Waals surface area contributed by atoms with Gasteiger partial charge in [0, 0.05) is 30.5 Å². The van der Waals surface area contributed by atoms with Gasteiger partial charge in [0.05, 0.1) is 11.0 Å². The smallest absolute Gasteiger partial charge is 0.304 e. The van der Waals surface area contributed by atoms with Gasteiger partial charge in [0.15, 0.2) is 0 Å². The van der Waals surface area contributed by atoms with Gasteiger partial charge in [-0.25, -0.2) is 0 Å². The van der Waals surface area contributed by atoms with Gasteiger partial charge >= 0.3 is 5.69 Å². The number of ether oxygens (including phenoxy) is 1. The number of anilines is 1. The molecule has 6 heteroatoms. The molecule has 2 atom stereocenters. The van der Waals surface area contributed by atoms with E-state index in [4.69, 9.17) is 4.74 Å². The van der Waals surface area contributed by atoms with Crippen molar-refractivity contribution in [3.63, 3.8) is 0 Å². The lowest BCUT2D eigenvalue weighted by atomic mass is 10.0. The van der Waals surface area contributed by atoms with Crippen molar-refractivity contribution in [3.8, 4) is 0 Å². The van der Waals surface area contributed by atoms with Crippen LogP contribution in [0.15, 0.2) is 18.2 Å². The Morgan fingerprint density at radius 2 is 2.33 bits per heavy atom. The molecule has 1 aromatic rings. The fraction of sp³-hybridized carbons (Fsp3) is 0.500. The summed E-state index contributed by atoms with van der Waals surface area (Å²) in [6.07, 6.45) is 1.88. The number of benzene rings is 1. The standard InChI is InChI=1S/C12H15FN2O3/c1-8-6-10(4-5-18-8)14-9-2-3-12(15(16)17)11(13)7-9/h2-3,7-8,10,14H,4-6H2,1H3. The van der Waals surface area contributed by atoms with E-state index < -0.39 is 16.4 Å². The van der Waals surface area contributed by atoms with E-state index in [1.54, 1.807) is 0 Å². The quantitative estimate of drug-likeness (QED) is 0.665. The Morgan fingerprint density at radius 3 is 2.94 bits per heavy atom. The maximum absolute atomic E-state index is 13.4. The summed E-state index contributed by atoms with van der Waals surface area (Å²) in [7, 11) is 0. The monoisotopic (exact) mass is 254 g/mol. The second kappa shape index (κ2) is 5.30. The number of hydrogen-bond acceptors (Lipinski definition) is 4. The molecule has 0 saturated carbocycles. The summed E-state index contributed by atoms with van der Waals surface area (Å²) in [6.45, 7) is 2.67. The number of nitro benzene ring substituents is 1. The van der Waals surface area contributed by atoms with Crippen LogP contribution in [0, 0.1) is 15.9 Å². The highest BCUT2D eigenvalue weighted by Crippen LogP contribution is 2.23. The average molecular weight is 254 g/mol. The number of hydrogen-bond donors (Lipinski definition) is 1. The van der Waals surface area contributed by atoms with Crippen LogP contribution >= 0.6 is 0 Å². The summed E-state index contributed by atoms with van der Waals surface area (Å²) < 4.78 is 18.8. The molecule has 0 aliphatic carbocycles. The van der Waals surface area contributed by atoms with Gasteiger partial charge in [-0.15, -0.1) is 0 Å². The van der Waals surface area contributed by atoms with Crippen LogP contribution in [0.4, 0.5) is 15.8 Å². The molecule has 2 rings (SSSR count). The van der Waals surface area contributed by atoms with Crippen LogP contribution in [0.1, 0.15) is 19.8 Å². The minimum absolute atomic E-state index is 0.180. The Kier molecular flexibility index (Phi) is 3.76. The predicted molar refractivity (Wildman–Crippen MR) is 65.1 cm³/mol. The van der Waals surface area contributed by atoms with Crippen molar-refractivity contribution < 1.29 is 14.1 Å². The second-order valence-electron chi connectivity index (χ2n) is 4.47. The van der Waals surface area contributed by atoms with Gasteiger partial charge in [-0.3, -0.25) is 10.1 Å². The van der Waals surface area contributed by atoms with Crippen molar-refractivity contribution in [2.24, 2.45) is 0 Å². The van der Waals surface area contributed by atoms with Crippen LogP contribution in [0.5, 0.6) is 0 Å². The average Bonchev–Trinajstić information content (AvgIpc) is 2.28. The first-order valence-corrected chi connectivity index (χ1v) is 5.88. The summed E-state index contributed by atoms with van der Waals surface area (Å²) in [5.41, 5.74) is 0.0677. The van der Waals surface area contributed by atoms with Gasteiger partial charge in [0.25, 0.3) is 0 Å². The molecule has 0 radical (unpaired) electrons. The molecular weight excluding hydrogens is 239 g/mol. The summed E-state index contributed by atoms with van der Waals surface area (Å²) in [6, 6.07) is 4.09. The van der Waals surface area contributed by atoms with E-state index in [9.17, 15) is 14.5 Å². The first-order chi connectivity index (χ1) is 8.56. The fourth-order valence-corrected chi connectivity index (χ4v) is 2.11. The zero-order chi connectivity index (χ0) is 13.1. The van der Waals surface area contributed by atoms with E-state index in [0.717, 1.165) is 18.9 Å². The highest BCUT2D eigenvalue weighted by atomic mass is 19.1. The van der Waals surface area contributed by atoms with E-state index in [1.165, 1.54) is 12.1 Å². The van der Waals surface area contributed by atoms with Gasteiger partial charge in [0.2, 0.25) is 5.82 Å². The number of nitrogens with zero attached hydrogens (tertiary/aromatic N) is 1. The number of nitrogens with one attached hydrogen (secondary N) is 1. The summed E-state index contributed by atoms with van der Waals surface area (Å²) >= 11 is 0. The molecule has 1 aliphatic heterocycles. The maximum Gasteiger partial charge on any atom is 0.304 e. The van der Waals surface area contributed by atoms with Crippen molar-refractivity contribution in [2.45, 2.75) is 31.9 Å². The molecule has 1 aromatic carbocycles. The van der Waals surface area contributed by atoms with Gasteiger partial charge < -0.3 is 10.1 Å². The normalized spacial score (nSPS) is 23.7. The van der Waals surface area contributed by atoms with Crippen molar-refractivity contribution in [1.82, 2.24) is 0 Å². The van der Waals surface area contributed by atoms with Gasteiger partial charge in [-0.1, -0.05) is 0 Å². The molecule has 5 nitrogen and oxygen atoms in total. The van der Waals surface area contributed by atoms with Gasteiger partial charge in [-0.05, 0) is 25.8 Å². The molecule has 0 aromatic heterocycles. The molecule has 18 heavy (non-hydrogen) atoms. The number of rotatable bonds is 3. The Labute approximate surface area is 104 Å².